The van der Waals surface area contributed by atoms with Crippen molar-refractivity contribution in [2.75, 3.05) is 0 Å². The van der Waals surface area contributed by atoms with Crippen LogP contribution in [0.4, 0.5) is 0 Å². The van der Waals surface area contributed by atoms with E-state index < -0.39 is 0 Å². The molecule has 0 radical (unpaired) electrons. The van der Waals surface area contributed by atoms with Crippen LogP contribution in [-0.4, -0.2) is 66.7 Å². The van der Waals surface area contributed by atoms with Gasteiger partial charge in [-0.05, 0) is 98.7 Å². The standard InChI is InChI=1S/C32H56N8.Al.Zn.3H/c1-2-10-18-17(9-1)25-33-26(18)38-28-21-13-5-6-14-22(21)30(35-28)40-32-24-16-8-7-15-23(24)31(36-32)39-29-20-12-4-3-11-19(20)27(34-29)37-25;;;;;/h17-40H,1-16H2;;;;;. The van der Waals surface area contributed by atoms with Crippen molar-refractivity contribution in [2.24, 2.45) is 47.3 Å². The molecule has 10 heteroatoms. The molecule has 42 heavy (non-hydrogen) atoms. The van der Waals surface area contributed by atoms with E-state index in [9.17, 15) is 0 Å². The monoisotopic (exact) mass is 646 g/mol. The summed E-state index contributed by atoms with van der Waals surface area (Å²) in [4.78, 5) is 0. The van der Waals surface area contributed by atoms with Gasteiger partial charge in [0.15, 0.2) is 17.4 Å². The molecule has 5 heterocycles. The quantitative estimate of drug-likeness (QED) is 0.187. The molecule has 0 amide bonds. The van der Waals surface area contributed by atoms with Gasteiger partial charge in [-0.2, -0.15) is 0 Å². The molecule has 8 N–H and O–H groups in total. The maximum absolute atomic E-state index is 4.26. The summed E-state index contributed by atoms with van der Waals surface area (Å²) in [6.07, 6.45) is 25.6. The second kappa shape index (κ2) is 13.2. The Morgan fingerprint density at radius 1 is 0.238 bits per heavy atom. The SMILES string of the molecule is C1CCC2C3NC(NC4NC(NC5NC(NC6NC(N3)C3CCCCC63)C3CCCCC53)C3CCCCC43)C2C1.[AlH3].[Zn]. The van der Waals surface area contributed by atoms with Crippen LogP contribution in [-0.2, 0) is 19.5 Å². The van der Waals surface area contributed by atoms with Crippen LogP contribution in [0.1, 0.15) is 103 Å². The van der Waals surface area contributed by atoms with E-state index in [0.717, 1.165) is 47.3 Å². The van der Waals surface area contributed by atoms with E-state index in [0.29, 0.717) is 49.3 Å². The molecule has 9 rings (SSSR count). The zero-order chi connectivity index (χ0) is 26.2. The molecule has 8 unspecified atom stereocenters. The van der Waals surface area contributed by atoms with Crippen LogP contribution in [0.25, 0.3) is 0 Å². The number of rotatable bonds is 0. The third kappa shape index (κ3) is 5.47. The van der Waals surface area contributed by atoms with Crippen LogP contribution in [0.3, 0.4) is 0 Å². The zero-order valence-corrected chi connectivity index (χ0v) is 28.2. The first-order valence-electron chi connectivity index (χ1n) is 17.9. The predicted molar refractivity (Wildman–Crippen MR) is 167 cm³/mol. The second-order valence-electron chi connectivity index (χ2n) is 15.6. The summed E-state index contributed by atoms with van der Waals surface area (Å²) in [6.45, 7) is 0. The predicted octanol–water partition coefficient (Wildman–Crippen LogP) is 1.42. The molecule has 8 atom stereocenters. The largest absolute Gasteiger partial charge is 0.286 e. The summed E-state index contributed by atoms with van der Waals surface area (Å²) >= 11 is 0. The van der Waals surface area contributed by atoms with Gasteiger partial charge in [-0.3, -0.25) is 42.5 Å². The normalized spacial score (nSPS) is 54.9. The molecule has 9 fully saturated rings. The Balaban J connectivity index is 0.00000144. The van der Waals surface area contributed by atoms with Gasteiger partial charge in [-0.15, -0.1) is 0 Å². The molecule has 5 saturated heterocycles. The molecule has 9 aliphatic rings. The van der Waals surface area contributed by atoms with Crippen LogP contribution in [0.15, 0.2) is 0 Å². The van der Waals surface area contributed by atoms with Gasteiger partial charge in [0.1, 0.15) is 0 Å². The number of fused-ring (bicyclic) bond motifs is 20. The van der Waals surface area contributed by atoms with Crippen LogP contribution < -0.4 is 42.5 Å². The number of hydrogen-bond donors (Lipinski definition) is 8. The molecule has 4 saturated carbocycles. The third-order valence-corrected chi connectivity index (χ3v) is 13.8. The van der Waals surface area contributed by atoms with Crippen molar-refractivity contribution in [3.05, 3.63) is 0 Å². The molecule has 4 aliphatic carbocycles. The Bertz CT molecular complexity index is 723. The first-order chi connectivity index (χ1) is 19.8. The van der Waals surface area contributed by atoms with Crippen molar-refractivity contribution >= 4 is 17.4 Å². The smallest absolute Gasteiger partial charge is 0.187 e. The van der Waals surface area contributed by atoms with Gasteiger partial charge in [0, 0.05) is 19.5 Å². The Kier molecular flexibility index (Phi) is 9.84. The molecular weight excluding hydrogens is 589 g/mol. The fourth-order valence-electron chi connectivity index (χ4n) is 12.0. The topological polar surface area (TPSA) is 96.2 Å². The summed E-state index contributed by atoms with van der Waals surface area (Å²) < 4.78 is 0. The minimum atomic E-state index is 0. The van der Waals surface area contributed by atoms with Gasteiger partial charge in [-0.1, -0.05) is 51.4 Å². The van der Waals surface area contributed by atoms with Crippen molar-refractivity contribution in [1.82, 2.24) is 42.5 Å². The van der Waals surface area contributed by atoms with E-state index in [2.05, 4.69) is 42.5 Å². The Hall–Kier alpha value is 0.836. The first-order valence-corrected chi connectivity index (χ1v) is 17.9. The van der Waals surface area contributed by atoms with Gasteiger partial charge in [0.2, 0.25) is 0 Å². The van der Waals surface area contributed by atoms with Crippen molar-refractivity contribution in [3.63, 3.8) is 0 Å². The maximum Gasteiger partial charge on any atom is 0.187 e. The Morgan fingerprint density at radius 2 is 0.357 bits per heavy atom. The van der Waals surface area contributed by atoms with Crippen molar-refractivity contribution in [2.45, 2.75) is 152 Å². The average molecular weight is 648 g/mol. The molecular formula is C32H59AlN8Zn. The van der Waals surface area contributed by atoms with Crippen LogP contribution in [0.5, 0.6) is 0 Å². The number of hydrogen-bond acceptors (Lipinski definition) is 8. The van der Waals surface area contributed by atoms with E-state index in [1.807, 2.05) is 0 Å². The van der Waals surface area contributed by atoms with Gasteiger partial charge in [0.25, 0.3) is 0 Å². The second-order valence-corrected chi connectivity index (χ2v) is 15.6. The summed E-state index contributed by atoms with van der Waals surface area (Å²) in [5.74, 6) is 5.97. The number of nitrogens with one attached hydrogen (secondary N) is 8. The molecule has 5 aliphatic heterocycles. The average Bonchev–Trinajstić information content (AvgIpc) is 3.73. The minimum absolute atomic E-state index is 0. The summed E-state index contributed by atoms with van der Waals surface area (Å²) in [5, 5.41) is 33.8. The van der Waals surface area contributed by atoms with E-state index in [4.69, 9.17) is 0 Å². The summed E-state index contributed by atoms with van der Waals surface area (Å²) in [7, 11) is 0. The molecule has 0 aromatic rings. The van der Waals surface area contributed by atoms with Crippen LogP contribution in [0, 0.1) is 47.3 Å². The summed E-state index contributed by atoms with van der Waals surface area (Å²) in [5.41, 5.74) is 0. The first kappa shape index (κ1) is 31.4. The molecule has 232 valence electrons. The Labute approximate surface area is 277 Å². The van der Waals surface area contributed by atoms with Crippen molar-refractivity contribution in [1.29, 1.82) is 0 Å². The molecule has 8 bridgehead atoms. The molecule has 0 aromatic carbocycles. The Morgan fingerprint density at radius 3 is 0.476 bits per heavy atom. The van der Waals surface area contributed by atoms with Crippen molar-refractivity contribution < 1.29 is 19.5 Å². The zero-order valence-electron chi connectivity index (χ0n) is 25.3. The van der Waals surface area contributed by atoms with E-state index in [1.165, 1.54) is 103 Å². The van der Waals surface area contributed by atoms with E-state index >= 15 is 0 Å². The minimum Gasteiger partial charge on any atom is -0.286 e. The fraction of sp³-hybridized carbons (Fsp3) is 1.00. The van der Waals surface area contributed by atoms with E-state index in [-0.39, 0.29) is 36.8 Å². The van der Waals surface area contributed by atoms with Gasteiger partial charge < -0.3 is 0 Å². The van der Waals surface area contributed by atoms with Crippen LogP contribution >= 0.6 is 0 Å². The molecule has 0 aromatic heterocycles. The van der Waals surface area contributed by atoms with E-state index in [1.54, 1.807) is 0 Å². The van der Waals surface area contributed by atoms with Gasteiger partial charge in [0.05, 0.1) is 49.3 Å². The van der Waals surface area contributed by atoms with Crippen molar-refractivity contribution in [3.8, 4) is 0 Å². The fourth-order valence-corrected chi connectivity index (χ4v) is 12.0. The van der Waals surface area contributed by atoms with Gasteiger partial charge in [-0.25, -0.2) is 0 Å². The maximum atomic E-state index is 4.26. The summed E-state index contributed by atoms with van der Waals surface area (Å²) in [6, 6.07) is 0. The molecule has 0 spiro atoms. The van der Waals surface area contributed by atoms with Gasteiger partial charge >= 0.3 is 0 Å². The van der Waals surface area contributed by atoms with Crippen LogP contribution in [0.2, 0.25) is 0 Å². The molecule has 8 nitrogen and oxygen atoms in total. The third-order valence-electron chi connectivity index (χ3n) is 13.8.